The first-order chi connectivity index (χ1) is 9.91. The molecule has 4 nitrogen and oxygen atoms in total. The van der Waals surface area contributed by atoms with Crippen LogP contribution in [0.2, 0.25) is 0 Å². The third-order valence-corrected chi connectivity index (χ3v) is 4.94. The summed E-state index contributed by atoms with van der Waals surface area (Å²) in [6.07, 6.45) is 1.79. The molecule has 1 atom stereocenters. The van der Waals surface area contributed by atoms with Crippen molar-refractivity contribution >= 4 is 27.1 Å². The third kappa shape index (κ3) is 3.92. The van der Waals surface area contributed by atoms with E-state index in [1.165, 1.54) is 35.6 Å². The number of carbonyl (C=O) groups excluding carboxylic acids is 1. The van der Waals surface area contributed by atoms with Crippen molar-refractivity contribution in [1.82, 2.24) is 0 Å². The molecule has 0 N–H and O–H groups in total. The average Bonchev–Trinajstić information content (AvgIpc) is 2.93. The molecule has 0 aliphatic rings. The monoisotopic (exact) mass is 324 g/mol. The third-order valence-electron chi connectivity index (χ3n) is 3.11. The van der Waals surface area contributed by atoms with Crippen LogP contribution >= 0.6 is 11.3 Å². The molecule has 0 fully saturated rings. The molecule has 2 rings (SSSR count). The molecule has 112 valence electrons. The van der Waals surface area contributed by atoms with Crippen LogP contribution in [0.3, 0.4) is 0 Å². The van der Waals surface area contributed by atoms with Crippen molar-refractivity contribution in [2.45, 2.75) is 24.2 Å². The van der Waals surface area contributed by atoms with Gasteiger partial charge < -0.3 is 4.74 Å². The molecule has 0 amide bonds. The van der Waals surface area contributed by atoms with E-state index in [1.54, 1.807) is 0 Å². The van der Waals surface area contributed by atoms with Crippen LogP contribution in [0.25, 0.3) is 0 Å². The number of carbonyl (C=O) groups is 1. The molecular weight excluding hydrogens is 308 g/mol. The second-order valence-electron chi connectivity index (χ2n) is 4.68. The Morgan fingerprint density at radius 1 is 1.24 bits per heavy atom. The van der Waals surface area contributed by atoms with Crippen molar-refractivity contribution in [1.29, 1.82) is 0 Å². The molecule has 2 aromatic rings. The Morgan fingerprint density at radius 2 is 1.90 bits per heavy atom. The van der Waals surface area contributed by atoms with E-state index in [2.05, 4.69) is 0 Å². The van der Waals surface area contributed by atoms with Gasteiger partial charge in [-0.2, -0.15) is 11.3 Å². The van der Waals surface area contributed by atoms with Gasteiger partial charge in [0, 0.05) is 6.26 Å². The molecule has 0 saturated carbocycles. The molecule has 0 bridgehead atoms. The van der Waals surface area contributed by atoms with Crippen LogP contribution in [-0.4, -0.2) is 20.6 Å². The lowest BCUT2D eigenvalue weighted by atomic mass is 10.00. The average molecular weight is 324 g/mol. The topological polar surface area (TPSA) is 60.4 Å². The first-order valence-corrected chi connectivity index (χ1v) is 9.29. The highest BCUT2D eigenvalue weighted by molar-refractivity contribution is 7.90. The normalized spacial score (nSPS) is 12.9. The Labute approximate surface area is 128 Å². The predicted octanol–water partition coefficient (Wildman–Crippen LogP) is 3.25. The standard InChI is InChI=1S/C15H16O4S2/c1-3-14(11-8-9-20-10-11)15(16)19-12-4-6-13(7-5-12)21(2,17)18/h4-10,14H,3H2,1-2H3. The van der Waals surface area contributed by atoms with Gasteiger partial charge in [-0.15, -0.1) is 0 Å². The summed E-state index contributed by atoms with van der Waals surface area (Å²) in [5.41, 5.74) is 0.945. The van der Waals surface area contributed by atoms with Gasteiger partial charge in [-0.1, -0.05) is 6.92 Å². The SMILES string of the molecule is CCC(C(=O)Oc1ccc(S(C)(=O)=O)cc1)c1ccsc1. The molecule has 1 aromatic carbocycles. The van der Waals surface area contributed by atoms with Gasteiger partial charge in [0.25, 0.3) is 0 Å². The number of hydrogen-bond donors (Lipinski definition) is 0. The Bertz CT molecular complexity index is 701. The highest BCUT2D eigenvalue weighted by atomic mass is 32.2. The van der Waals surface area contributed by atoms with Crippen molar-refractivity contribution in [3.8, 4) is 5.75 Å². The molecule has 1 unspecified atom stereocenters. The zero-order valence-corrected chi connectivity index (χ0v) is 13.4. The maximum atomic E-state index is 12.2. The van der Waals surface area contributed by atoms with Gasteiger partial charge in [-0.3, -0.25) is 4.79 Å². The first kappa shape index (κ1) is 15.7. The molecule has 1 heterocycles. The lowest BCUT2D eigenvalue weighted by Crippen LogP contribution is -2.17. The van der Waals surface area contributed by atoms with E-state index >= 15 is 0 Å². The van der Waals surface area contributed by atoms with Crippen molar-refractivity contribution in [2.24, 2.45) is 0 Å². The smallest absolute Gasteiger partial charge is 0.318 e. The van der Waals surface area contributed by atoms with Gasteiger partial charge in [0.05, 0.1) is 10.8 Å². The van der Waals surface area contributed by atoms with E-state index in [-0.39, 0.29) is 16.8 Å². The fraction of sp³-hybridized carbons (Fsp3) is 0.267. The summed E-state index contributed by atoms with van der Waals surface area (Å²) >= 11 is 1.54. The summed E-state index contributed by atoms with van der Waals surface area (Å²) < 4.78 is 28.1. The fourth-order valence-corrected chi connectivity index (χ4v) is 3.30. The molecule has 1 aromatic heterocycles. The number of ether oxygens (including phenoxy) is 1. The van der Waals surface area contributed by atoms with Crippen LogP contribution < -0.4 is 4.74 Å². The van der Waals surface area contributed by atoms with E-state index in [0.29, 0.717) is 12.2 Å². The highest BCUT2D eigenvalue weighted by Gasteiger charge is 2.21. The zero-order valence-electron chi connectivity index (χ0n) is 11.8. The number of thiophene rings is 1. The summed E-state index contributed by atoms with van der Waals surface area (Å²) in [6.45, 7) is 1.93. The number of esters is 1. The van der Waals surface area contributed by atoms with Gasteiger partial charge in [0.15, 0.2) is 9.84 Å². The minimum absolute atomic E-state index is 0.201. The van der Waals surface area contributed by atoms with Gasteiger partial charge in [-0.25, -0.2) is 8.42 Å². The second kappa shape index (κ2) is 6.41. The minimum Gasteiger partial charge on any atom is -0.426 e. The van der Waals surface area contributed by atoms with Gasteiger partial charge in [-0.05, 0) is 53.1 Å². The van der Waals surface area contributed by atoms with E-state index in [0.717, 1.165) is 11.8 Å². The van der Waals surface area contributed by atoms with Crippen molar-refractivity contribution in [3.63, 3.8) is 0 Å². The van der Waals surface area contributed by atoms with Crippen LogP contribution in [-0.2, 0) is 14.6 Å². The molecule has 0 radical (unpaired) electrons. The molecular formula is C15H16O4S2. The lowest BCUT2D eigenvalue weighted by molar-refractivity contribution is -0.136. The maximum Gasteiger partial charge on any atom is 0.318 e. The van der Waals surface area contributed by atoms with Crippen molar-refractivity contribution < 1.29 is 17.9 Å². The van der Waals surface area contributed by atoms with Gasteiger partial charge in [0.1, 0.15) is 5.75 Å². The maximum absolute atomic E-state index is 12.2. The Morgan fingerprint density at radius 3 is 2.38 bits per heavy atom. The zero-order chi connectivity index (χ0) is 15.5. The number of rotatable bonds is 5. The highest BCUT2D eigenvalue weighted by Crippen LogP contribution is 2.25. The quantitative estimate of drug-likeness (QED) is 0.626. The molecule has 0 aliphatic carbocycles. The van der Waals surface area contributed by atoms with E-state index in [4.69, 9.17) is 4.74 Å². The molecule has 6 heteroatoms. The minimum atomic E-state index is -3.24. The Balaban J connectivity index is 2.12. The van der Waals surface area contributed by atoms with E-state index in [1.807, 2.05) is 23.8 Å². The number of sulfone groups is 1. The van der Waals surface area contributed by atoms with Crippen molar-refractivity contribution in [2.75, 3.05) is 6.26 Å². The molecule has 0 aliphatic heterocycles. The van der Waals surface area contributed by atoms with E-state index in [9.17, 15) is 13.2 Å². The van der Waals surface area contributed by atoms with E-state index < -0.39 is 9.84 Å². The lowest BCUT2D eigenvalue weighted by Gasteiger charge is -2.12. The van der Waals surface area contributed by atoms with Gasteiger partial charge >= 0.3 is 5.97 Å². The molecule has 0 saturated heterocycles. The Hall–Kier alpha value is -1.66. The van der Waals surface area contributed by atoms with Crippen LogP contribution in [0.5, 0.6) is 5.75 Å². The second-order valence-corrected chi connectivity index (χ2v) is 7.48. The summed E-state index contributed by atoms with van der Waals surface area (Å²) in [7, 11) is -3.24. The van der Waals surface area contributed by atoms with Crippen LogP contribution in [0.1, 0.15) is 24.8 Å². The van der Waals surface area contributed by atoms with Gasteiger partial charge in [0.2, 0.25) is 0 Å². The van der Waals surface area contributed by atoms with Crippen LogP contribution in [0.15, 0.2) is 46.0 Å². The largest absolute Gasteiger partial charge is 0.426 e. The summed E-state index contributed by atoms with van der Waals surface area (Å²) in [5.74, 6) is -0.282. The summed E-state index contributed by atoms with van der Waals surface area (Å²) in [6, 6.07) is 7.77. The predicted molar refractivity (Wildman–Crippen MR) is 82.5 cm³/mol. The first-order valence-electron chi connectivity index (χ1n) is 6.45. The fourth-order valence-electron chi connectivity index (χ4n) is 1.95. The number of benzene rings is 1. The Kier molecular flexibility index (Phi) is 4.80. The number of hydrogen-bond acceptors (Lipinski definition) is 5. The van der Waals surface area contributed by atoms with Crippen molar-refractivity contribution in [3.05, 3.63) is 46.7 Å². The summed E-state index contributed by atoms with van der Waals surface area (Å²) in [5, 5.41) is 3.86. The molecule has 21 heavy (non-hydrogen) atoms. The van der Waals surface area contributed by atoms with Crippen LogP contribution in [0.4, 0.5) is 0 Å². The summed E-state index contributed by atoms with van der Waals surface area (Å²) in [4.78, 5) is 12.4. The van der Waals surface area contributed by atoms with Crippen LogP contribution in [0, 0.1) is 0 Å². The molecule has 0 spiro atoms.